The molecule has 0 saturated carbocycles. The van der Waals surface area contributed by atoms with E-state index < -0.39 is 35.7 Å². The van der Waals surface area contributed by atoms with Crippen LogP contribution in [0.15, 0.2) is 59.7 Å². The Morgan fingerprint density at radius 1 is 0.902 bits per heavy atom. The lowest BCUT2D eigenvalue weighted by atomic mass is 9.79. The molecule has 1 unspecified atom stereocenters. The maximum Gasteiger partial charge on any atom is 0.309 e. The molecule has 1 atom stereocenters. The minimum absolute atomic E-state index is 0.0190. The lowest BCUT2D eigenvalue weighted by Gasteiger charge is -2.26. The number of carbonyl (C=O) groups is 4. The van der Waals surface area contributed by atoms with E-state index in [-0.39, 0.29) is 54.7 Å². The van der Waals surface area contributed by atoms with E-state index in [1.807, 2.05) is 30.3 Å². The van der Waals surface area contributed by atoms with Gasteiger partial charge in [-0.3, -0.25) is 19.2 Å². The molecule has 0 radical (unpaired) electrons. The number of carbonyl (C=O) groups excluding carboxylic acids is 4. The fraction of sp³-hybridized carbons (Fsp3) is 0.463. The zero-order valence-corrected chi connectivity index (χ0v) is 30.3. The predicted octanol–water partition coefficient (Wildman–Crippen LogP) is 7.12. The molecule has 0 spiro atoms. The topological polar surface area (TPSA) is 129 Å². The van der Waals surface area contributed by atoms with E-state index in [4.69, 9.17) is 18.9 Å². The van der Waals surface area contributed by atoms with E-state index in [0.29, 0.717) is 34.3 Å². The molecule has 10 nitrogen and oxygen atoms in total. The zero-order valence-electron chi connectivity index (χ0n) is 30.3. The fourth-order valence-electron chi connectivity index (χ4n) is 6.58. The molecule has 51 heavy (non-hydrogen) atoms. The number of hydrogen-bond donors (Lipinski definition) is 1. The van der Waals surface area contributed by atoms with Crippen molar-refractivity contribution in [1.29, 1.82) is 0 Å². The fourth-order valence-corrected chi connectivity index (χ4v) is 6.58. The SMILES string of the molecule is CCCCCCCCOCOc1cc2cc3c(cc2c2c1C(=O)N(C)C2)C(=O)C(C(O)CC(=O)OC(C)(C)C)=C(COCc1ccccc1)C3=O. The second-order valence-electron chi connectivity index (χ2n) is 14.3. The maximum absolute atomic E-state index is 14.3. The highest BCUT2D eigenvalue weighted by molar-refractivity contribution is 6.29. The normalized spacial score (nSPS) is 15.0. The van der Waals surface area contributed by atoms with Crippen molar-refractivity contribution in [2.45, 2.75) is 97.5 Å². The highest BCUT2D eigenvalue weighted by Crippen LogP contribution is 2.40. The first-order valence-corrected chi connectivity index (χ1v) is 17.8. The standard InChI is InChI=1S/C41H49NO9/c1-6-7-8-9-10-14-17-48-25-50-34-19-27-18-29-30(20-28(27)31-22-42(5)40(47)37(31)34)39(46)36(33(43)21-35(44)51-41(2,3)4)32(38(29)45)24-49-23-26-15-12-11-13-16-26/h11-13,15-16,18-20,33,43H,6-10,14,17,21-25H2,1-5H3. The minimum atomic E-state index is -1.61. The largest absolute Gasteiger partial charge is 0.467 e. The molecule has 5 rings (SSSR count). The monoisotopic (exact) mass is 699 g/mol. The molecule has 3 aromatic rings. The van der Waals surface area contributed by atoms with E-state index in [0.717, 1.165) is 18.4 Å². The third kappa shape index (κ3) is 9.11. The van der Waals surface area contributed by atoms with Crippen molar-refractivity contribution in [2.24, 2.45) is 0 Å². The molecule has 0 fully saturated rings. The smallest absolute Gasteiger partial charge is 0.309 e. The van der Waals surface area contributed by atoms with Gasteiger partial charge in [-0.05, 0) is 67.3 Å². The first-order valence-electron chi connectivity index (χ1n) is 17.8. The Morgan fingerprint density at radius 3 is 2.33 bits per heavy atom. The molecule has 1 amide bonds. The summed E-state index contributed by atoms with van der Waals surface area (Å²) in [6, 6.07) is 14.3. The van der Waals surface area contributed by atoms with Crippen LogP contribution >= 0.6 is 0 Å². The molecule has 272 valence electrons. The summed E-state index contributed by atoms with van der Waals surface area (Å²) in [6.45, 7) is 8.01. The van der Waals surface area contributed by atoms with Gasteiger partial charge in [0.15, 0.2) is 18.4 Å². The summed E-state index contributed by atoms with van der Waals surface area (Å²) in [5, 5.41) is 12.6. The van der Waals surface area contributed by atoms with E-state index in [2.05, 4.69) is 6.92 Å². The van der Waals surface area contributed by atoms with Gasteiger partial charge in [0.05, 0.1) is 37.9 Å². The highest BCUT2D eigenvalue weighted by atomic mass is 16.7. The molecule has 2 aliphatic rings. The Balaban J connectivity index is 1.45. The van der Waals surface area contributed by atoms with Crippen LogP contribution in [0.2, 0.25) is 0 Å². The van der Waals surface area contributed by atoms with Gasteiger partial charge in [0.1, 0.15) is 11.4 Å². The second-order valence-corrected chi connectivity index (χ2v) is 14.3. The van der Waals surface area contributed by atoms with Crippen LogP contribution in [0.5, 0.6) is 5.75 Å². The van der Waals surface area contributed by atoms with Gasteiger partial charge in [-0.15, -0.1) is 0 Å². The lowest BCUT2D eigenvalue weighted by Crippen LogP contribution is -2.33. The summed E-state index contributed by atoms with van der Waals surface area (Å²) >= 11 is 0. The van der Waals surface area contributed by atoms with Gasteiger partial charge in [0.2, 0.25) is 0 Å². The first-order chi connectivity index (χ1) is 24.4. The molecule has 1 aliphatic heterocycles. The second kappa shape index (κ2) is 16.8. The first kappa shape index (κ1) is 37.9. The molecule has 0 bridgehead atoms. The summed E-state index contributed by atoms with van der Waals surface area (Å²) in [6.07, 6.45) is 4.70. The summed E-state index contributed by atoms with van der Waals surface area (Å²) in [7, 11) is 1.69. The van der Waals surface area contributed by atoms with Crippen molar-refractivity contribution in [1.82, 2.24) is 4.90 Å². The number of rotatable bonds is 17. The third-order valence-corrected chi connectivity index (χ3v) is 9.05. The Morgan fingerprint density at radius 2 is 1.61 bits per heavy atom. The third-order valence-electron chi connectivity index (χ3n) is 9.05. The number of nitrogens with zero attached hydrogens (tertiary/aromatic N) is 1. The Kier molecular flexibility index (Phi) is 12.4. The van der Waals surface area contributed by atoms with Gasteiger partial charge in [-0.1, -0.05) is 69.4 Å². The molecule has 3 aromatic carbocycles. The van der Waals surface area contributed by atoms with Crippen molar-refractivity contribution in [3.8, 4) is 5.75 Å². The van der Waals surface area contributed by atoms with Crippen LogP contribution in [0.3, 0.4) is 0 Å². The van der Waals surface area contributed by atoms with Crippen LogP contribution in [-0.4, -0.2) is 72.2 Å². The van der Waals surface area contributed by atoms with Crippen molar-refractivity contribution in [3.05, 3.63) is 87.5 Å². The van der Waals surface area contributed by atoms with Crippen LogP contribution in [0.25, 0.3) is 10.8 Å². The number of amides is 1. The molecular weight excluding hydrogens is 650 g/mol. The van der Waals surface area contributed by atoms with Crippen LogP contribution in [-0.2, 0) is 32.2 Å². The van der Waals surface area contributed by atoms with Gasteiger partial charge >= 0.3 is 5.97 Å². The Hall–Kier alpha value is -4.38. The van der Waals surface area contributed by atoms with Crippen molar-refractivity contribution < 1.29 is 43.2 Å². The Bertz CT molecular complexity index is 1810. The quantitative estimate of drug-likeness (QED) is 0.0890. The summed E-state index contributed by atoms with van der Waals surface area (Å²) in [5.41, 5.74) is 1.13. The maximum atomic E-state index is 14.3. The predicted molar refractivity (Wildman–Crippen MR) is 193 cm³/mol. The number of Topliss-reactive ketones (excluding diaryl/α,β-unsaturated/α-hetero) is 2. The number of unbranched alkanes of at least 4 members (excludes halogenated alkanes) is 5. The van der Waals surface area contributed by atoms with Crippen LogP contribution in [0.4, 0.5) is 0 Å². The lowest BCUT2D eigenvalue weighted by molar-refractivity contribution is -0.156. The van der Waals surface area contributed by atoms with Gasteiger partial charge in [-0.25, -0.2) is 0 Å². The number of ether oxygens (including phenoxy) is 4. The summed E-state index contributed by atoms with van der Waals surface area (Å²) in [5.74, 6) is -1.66. The molecule has 0 aromatic heterocycles. The number of ketones is 2. The van der Waals surface area contributed by atoms with Gasteiger partial charge < -0.3 is 29.0 Å². The molecule has 1 aliphatic carbocycles. The van der Waals surface area contributed by atoms with Crippen molar-refractivity contribution >= 4 is 34.2 Å². The molecule has 1 N–H and O–H groups in total. The van der Waals surface area contributed by atoms with Gasteiger partial charge in [-0.2, -0.15) is 0 Å². The number of esters is 1. The summed E-state index contributed by atoms with van der Waals surface area (Å²) < 4.78 is 23.1. The number of hydrogen-bond acceptors (Lipinski definition) is 9. The van der Waals surface area contributed by atoms with Crippen LogP contribution in [0.1, 0.15) is 115 Å². The van der Waals surface area contributed by atoms with Gasteiger partial charge in [0.25, 0.3) is 5.91 Å². The minimum Gasteiger partial charge on any atom is -0.467 e. The number of fused-ring (bicyclic) bond motifs is 4. The van der Waals surface area contributed by atoms with Crippen molar-refractivity contribution in [2.75, 3.05) is 27.1 Å². The zero-order chi connectivity index (χ0) is 36.7. The number of benzene rings is 3. The van der Waals surface area contributed by atoms with E-state index in [9.17, 15) is 24.3 Å². The average Bonchev–Trinajstić information content (AvgIpc) is 3.38. The van der Waals surface area contributed by atoms with E-state index >= 15 is 0 Å². The molecular formula is C41H49NO9. The molecule has 0 saturated heterocycles. The van der Waals surface area contributed by atoms with Gasteiger partial charge in [0, 0.05) is 35.9 Å². The number of aliphatic hydroxyl groups is 1. The highest BCUT2D eigenvalue weighted by Gasteiger charge is 2.38. The van der Waals surface area contributed by atoms with E-state index in [1.54, 1.807) is 50.9 Å². The molecule has 10 heteroatoms. The van der Waals surface area contributed by atoms with Crippen molar-refractivity contribution in [3.63, 3.8) is 0 Å². The summed E-state index contributed by atoms with van der Waals surface area (Å²) in [4.78, 5) is 56.1. The van der Waals surface area contributed by atoms with Crippen LogP contribution < -0.4 is 4.74 Å². The van der Waals surface area contributed by atoms with Crippen LogP contribution in [0, 0.1) is 0 Å². The van der Waals surface area contributed by atoms with E-state index in [1.165, 1.54) is 25.7 Å². The molecule has 1 heterocycles. The average molecular weight is 700 g/mol. The number of aliphatic hydroxyl groups excluding tert-OH is 1. The Labute approximate surface area is 299 Å².